The van der Waals surface area contributed by atoms with Crippen LogP contribution in [0.3, 0.4) is 0 Å². The first-order valence-electron chi connectivity index (χ1n) is 7.31. The van der Waals surface area contributed by atoms with Gasteiger partial charge in [-0.05, 0) is 18.6 Å². The van der Waals surface area contributed by atoms with Crippen LogP contribution in [0.2, 0.25) is 0 Å². The fraction of sp³-hybridized carbons (Fsp3) is 0.400. The third-order valence-electron chi connectivity index (χ3n) is 3.70. The Morgan fingerprint density at radius 3 is 2.96 bits per heavy atom. The lowest BCUT2D eigenvalue weighted by molar-refractivity contribution is -0.149. The van der Waals surface area contributed by atoms with Crippen molar-refractivity contribution in [3.05, 3.63) is 30.2 Å². The number of carbonyl (C=O) groups excluding carboxylic acids is 1. The molecule has 1 saturated heterocycles. The van der Waals surface area contributed by atoms with E-state index in [1.54, 1.807) is 31.4 Å². The standard InChI is InChI=1S/C15H16N2O6S/c1-21-12-4-2-3-10(7-12)14-16-13(23-17-14)8-22-15(18)11-5-6-24(19,20)9-11/h2-4,7,11H,5-6,8-9H2,1H3. The quantitative estimate of drug-likeness (QED) is 0.739. The molecule has 1 aliphatic heterocycles. The molecule has 0 spiro atoms. The smallest absolute Gasteiger partial charge is 0.310 e. The average molecular weight is 352 g/mol. The van der Waals surface area contributed by atoms with Gasteiger partial charge in [-0.1, -0.05) is 17.3 Å². The van der Waals surface area contributed by atoms with Gasteiger partial charge in [0, 0.05) is 5.56 Å². The molecule has 1 aromatic heterocycles. The molecule has 3 rings (SSSR count). The lowest BCUT2D eigenvalue weighted by atomic mass is 10.1. The summed E-state index contributed by atoms with van der Waals surface area (Å²) < 4.78 is 38.0. The van der Waals surface area contributed by atoms with Crippen LogP contribution >= 0.6 is 0 Å². The summed E-state index contributed by atoms with van der Waals surface area (Å²) in [6.07, 6.45) is 0.292. The molecule has 1 atom stereocenters. The van der Waals surface area contributed by atoms with E-state index in [1.807, 2.05) is 0 Å². The van der Waals surface area contributed by atoms with Crippen LogP contribution in [0, 0.1) is 5.92 Å². The van der Waals surface area contributed by atoms with Crippen LogP contribution in [0.5, 0.6) is 5.75 Å². The number of hydrogen-bond donors (Lipinski definition) is 0. The molecular weight excluding hydrogens is 336 g/mol. The zero-order chi connectivity index (χ0) is 17.2. The van der Waals surface area contributed by atoms with Gasteiger partial charge in [0.05, 0.1) is 24.5 Å². The Morgan fingerprint density at radius 2 is 2.25 bits per heavy atom. The summed E-state index contributed by atoms with van der Waals surface area (Å²) in [5.74, 6) is -0.163. The lowest BCUT2D eigenvalue weighted by Gasteiger charge is -2.06. The zero-order valence-corrected chi connectivity index (χ0v) is 13.8. The third-order valence-corrected chi connectivity index (χ3v) is 5.47. The van der Waals surface area contributed by atoms with Crippen molar-refractivity contribution in [1.82, 2.24) is 10.1 Å². The summed E-state index contributed by atoms with van der Waals surface area (Å²) in [4.78, 5) is 16.0. The largest absolute Gasteiger partial charge is 0.497 e. The molecule has 24 heavy (non-hydrogen) atoms. The molecule has 1 aliphatic rings. The van der Waals surface area contributed by atoms with E-state index in [2.05, 4.69) is 10.1 Å². The van der Waals surface area contributed by atoms with Crippen LogP contribution in [-0.4, -0.2) is 43.1 Å². The van der Waals surface area contributed by atoms with Gasteiger partial charge in [0.15, 0.2) is 16.4 Å². The van der Waals surface area contributed by atoms with E-state index in [1.165, 1.54) is 0 Å². The molecule has 0 saturated carbocycles. The first-order chi connectivity index (χ1) is 11.5. The molecule has 0 aliphatic carbocycles. The highest BCUT2D eigenvalue weighted by Crippen LogP contribution is 2.22. The Balaban J connectivity index is 1.61. The highest BCUT2D eigenvalue weighted by molar-refractivity contribution is 7.91. The van der Waals surface area contributed by atoms with Gasteiger partial charge in [0.1, 0.15) is 5.75 Å². The Kier molecular flexibility index (Phi) is 4.52. The first-order valence-corrected chi connectivity index (χ1v) is 9.13. The van der Waals surface area contributed by atoms with Crippen LogP contribution in [0.25, 0.3) is 11.4 Å². The van der Waals surface area contributed by atoms with Crippen molar-refractivity contribution in [2.45, 2.75) is 13.0 Å². The van der Waals surface area contributed by atoms with E-state index in [0.29, 0.717) is 23.6 Å². The number of methoxy groups -OCH3 is 1. The normalized spacial score (nSPS) is 19.1. The van der Waals surface area contributed by atoms with Crippen molar-refractivity contribution in [3.8, 4) is 17.1 Å². The Morgan fingerprint density at radius 1 is 1.42 bits per heavy atom. The van der Waals surface area contributed by atoms with Crippen LogP contribution in [0.4, 0.5) is 0 Å². The molecule has 0 N–H and O–H groups in total. The zero-order valence-electron chi connectivity index (χ0n) is 13.0. The number of benzene rings is 1. The number of sulfone groups is 1. The van der Waals surface area contributed by atoms with E-state index in [0.717, 1.165) is 0 Å². The van der Waals surface area contributed by atoms with Crippen molar-refractivity contribution in [1.29, 1.82) is 0 Å². The van der Waals surface area contributed by atoms with Crippen molar-refractivity contribution in [2.24, 2.45) is 5.92 Å². The molecular formula is C15H16N2O6S. The van der Waals surface area contributed by atoms with Gasteiger partial charge in [-0.15, -0.1) is 0 Å². The molecule has 1 aromatic carbocycles. The van der Waals surface area contributed by atoms with E-state index >= 15 is 0 Å². The minimum Gasteiger partial charge on any atom is -0.497 e. The molecule has 2 heterocycles. The molecule has 8 nitrogen and oxygen atoms in total. The van der Waals surface area contributed by atoms with Gasteiger partial charge >= 0.3 is 5.97 Å². The number of hydrogen-bond acceptors (Lipinski definition) is 8. The number of aromatic nitrogens is 2. The SMILES string of the molecule is COc1cccc(-c2noc(COC(=O)C3CCS(=O)(=O)C3)n2)c1. The summed E-state index contributed by atoms with van der Waals surface area (Å²) in [6, 6.07) is 7.14. The minimum atomic E-state index is -3.13. The molecule has 9 heteroatoms. The lowest BCUT2D eigenvalue weighted by Crippen LogP contribution is -2.18. The Hall–Kier alpha value is -2.42. The van der Waals surface area contributed by atoms with Gasteiger partial charge in [-0.3, -0.25) is 4.79 Å². The number of nitrogens with zero attached hydrogens (tertiary/aromatic N) is 2. The van der Waals surface area contributed by atoms with Crippen molar-refractivity contribution < 1.29 is 27.2 Å². The van der Waals surface area contributed by atoms with Gasteiger partial charge in [-0.25, -0.2) is 8.42 Å². The predicted molar refractivity (Wildman–Crippen MR) is 82.8 cm³/mol. The van der Waals surface area contributed by atoms with Gasteiger partial charge in [0.25, 0.3) is 5.89 Å². The molecule has 0 bridgehead atoms. The molecule has 0 radical (unpaired) electrons. The molecule has 2 aromatic rings. The fourth-order valence-corrected chi connectivity index (χ4v) is 4.15. The number of carbonyl (C=O) groups is 1. The summed E-state index contributed by atoms with van der Waals surface area (Å²) >= 11 is 0. The number of ether oxygens (including phenoxy) is 2. The van der Waals surface area contributed by atoms with E-state index in [9.17, 15) is 13.2 Å². The minimum absolute atomic E-state index is 0.0211. The summed E-state index contributed by atoms with van der Waals surface area (Å²) in [5, 5.41) is 3.83. The maximum Gasteiger partial charge on any atom is 0.310 e. The van der Waals surface area contributed by atoms with Gasteiger partial charge < -0.3 is 14.0 Å². The highest BCUT2D eigenvalue weighted by Gasteiger charge is 2.34. The van der Waals surface area contributed by atoms with Crippen LogP contribution < -0.4 is 4.74 Å². The summed E-state index contributed by atoms with van der Waals surface area (Å²) in [6.45, 7) is -0.188. The summed E-state index contributed by atoms with van der Waals surface area (Å²) in [5.41, 5.74) is 0.706. The number of rotatable bonds is 5. The summed E-state index contributed by atoms with van der Waals surface area (Å²) in [7, 11) is -1.57. The van der Waals surface area contributed by atoms with Crippen molar-refractivity contribution >= 4 is 15.8 Å². The second kappa shape index (κ2) is 6.60. The van der Waals surface area contributed by atoms with Gasteiger partial charge in [-0.2, -0.15) is 4.98 Å². The molecule has 1 unspecified atom stereocenters. The Labute approximate surface area is 138 Å². The maximum atomic E-state index is 11.9. The molecule has 0 amide bonds. The van der Waals surface area contributed by atoms with Crippen molar-refractivity contribution in [2.75, 3.05) is 18.6 Å². The van der Waals surface area contributed by atoms with Crippen LogP contribution in [0.15, 0.2) is 28.8 Å². The van der Waals surface area contributed by atoms with Crippen LogP contribution in [-0.2, 0) is 26.0 Å². The monoisotopic (exact) mass is 352 g/mol. The van der Waals surface area contributed by atoms with Gasteiger partial charge in [0.2, 0.25) is 5.82 Å². The van der Waals surface area contributed by atoms with Crippen LogP contribution in [0.1, 0.15) is 12.3 Å². The number of esters is 1. The first kappa shape index (κ1) is 16.4. The highest BCUT2D eigenvalue weighted by atomic mass is 32.2. The molecule has 1 fully saturated rings. The topological polar surface area (TPSA) is 109 Å². The molecule has 128 valence electrons. The maximum absolute atomic E-state index is 11.9. The third kappa shape index (κ3) is 3.73. The Bertz CT molecular complexity index is 845. The second-order valence-electron chi connectivity index (χ2n) is 5.45. The average Bonchev–Trinajstić information content (AvgIpc) is 3.19. The van der Waals surface area contributed by atoms with E-state index in [-0.39, 0.29) is 24.0 Å². The van der Waals surface area contributed by atoms with E-state index in [4.69, 9.17) is 14.0 Å². The van der Waals surface area contributed by atoms with E-state index < -0.39 is 21.7 Å². The van der Waals surface area contributed by atoms with Crippen molar-refractivity contribution in [3.63, 3.8) is 0 Å². The predicted octanol–water partition coefficient (Wildman–Crippen LogP) is 1.22. The second-order valence-corrected chi connectivity index (χ2v) is 7.68. The fourth-order valence-electron chi connectivity index (χ4n) is 2.42.